The minimum absolute atomic E-state index is 0.257. The van der Waals surface area contributed by atoms with Gasteiger partial charge >= 0.3 is 0 Å². The maximum atomic E-state index is 12.2. The van der Waals surface area contributed by atoms with E-state index in [2.05, 4.69) is 0 Å². The van der Waals surface area contributed by atoms with Crippen molar-refractivity contribution < 1.29 is 14.6 Å². The Bertz CT molecular complexity index is 383. The highest BCUT2D eigenvalue weighted by molar-refractivity contribution is 5.86. The van der Waals surface area contributed by atoms with E-state index in [1.54, 1.807) is 24.0 Å². The van der Waals surface area contributed by atoms with Crippen LogP contribution in [0.1, 0.15) is 12.5 Å². The Morgan fingerprint density at radius 3 is 2.47 bits per heavy atom. The molecule has 17 heavy (non-hydrogen) atoms. The van der Waals surface area contributed by atoms with Gasteiger partial charge in [0.05, 0.1) is 13.2 Å². The molecule has 0 radical (unpaired) electrons. The van der Waals surface area contributed by atoms with E-state index in [-0.39, 0.29) is 5.91 Å². The molecule has 1 N–H and O–H groups in total. The average Bonchev–Trinajstić information content (AvgIpc) is 2.40. The summed E-state index contributed by atoms with van der Waals surface area (Å²) in [5.41, 5.74) is -0.838. The minimum Gasteiger partial charge on any atom is -0.378 e. The fourth-order valence-corrected chi connectivity index (χ4v) is 1.96. The molecular formula is C13H17NO3. The third-order valence-corrected chi connectivity index (χ3v) is 3.05. The summed E-state index contributed by atoms with van der Waals surface area (Å²) in [6, 6.07) is 9.02. The molecular weight excluding hydrogens is 218 g/mol. The molecule has 0 saturated carbocycles. The number of aliphatic hydroxyl groups is 1. The fourth-order valence-electron chi connectivity index (χ4n) is 1.96. The molecule has 4 nitrogen and oxygen atoms in total. The van der Waals surface area contributed by atoms with Gasteiger partial charge in [0.1, 0.15) is 0 Å². The lowest BCUT2D eigenvalue weighted by atomic mass is 9.94. The molecule has 1 atom stereocenters. The molecule has 1 aliphatic heterocycles. The van der Waals surface area contributed by atoms with E-state index in [1.165, 1.54) is 0 Å². The number of morpholine rings is 1. The van der Waals surface area contributed by atoms with Gasteiger partial charge in [0.2, 0.25) is 0 Å². The van der Waals surface area contributed by atoms with E-state index >= 15 is 0 Å². The predicted molar refractivity (Wildman–Crippen MR) is 63.4 cm³/mol. The first-order chi connectivity index (χ1) is 8.12. The van der Waals surface area contributed by atoms with Gasteiger partial charge in [-0.2, -0.15) is 0 Å². The summed E-state index contributed by atoms with van der Waals surface area (Å²) in [5.74, 6) is -0.257. The molecule has 1 fully saturated rings. The second-order valence-electron chi connectivity index (χ2n) is 4.34. The summed E-state index contributed by atoms with van der Waals surface area (Å²) >= 11 is 0. The van der Waals surface area contributed by atoms with Crippen molar-refractivity contribution in [3.05, 3.63) is 35.9 Å². The fraction of sp³-hybridized carbons (Fsp3) is 0.462. The summed E-state index contributed by atoms with van der Waals surface area (Å²) in [6.07, 6.45) is 0. The Morgan fingerprint density at radius 1 is 1.29 bits per heavy atom. The predicted octanol–water partition coefficient (Wildman–Crippen LogP) is 0.753. The Balaban J connectivity index is 2.17. The number of nitrogens with zero attached hydrogens (tertiary/aromatic N) is 1. The van der Waals surface area contributed by atoms with Gasteiger partial charge in [0.15, 0.2) is 5.60 Å². The summed E-state index contributed by atoms with van der Waals surface area (Å²) in [4.78, 5) is 13.9. The van der Waals surface area contributed by atoms with Crippen LogP contribution in [0.2, 0.25) is 0 Å². The second-order valence-corrected chi connectivity index (χ2v) is 4.34. The zero-order chi connectivity index (χ0) is 12.3. The van der Waals surface area contributed by atoms with Gasteiger partial charge in [-0.1, -0.05) is 30.3 Å². The van der Waals surface area contributed by atoms with Crippen LogP contribution in [0.5, 0.6) is 0 Å². The van der Waals surface area contributed by atoms with Crippen molar-refractivity contribution >= 4 is 5.91 Å². The van der Waals surface area contributed by atoms with Crippen LogP contribution >= 0.6 is 0 Å². The Labute approximate surface area is 101 Å². The number of hydrogen-bond acceptors (Lipinski definition) is 3. The highest BCUT2D eigenvalue weighted by Crippen LogP contribution is 2.23. The highest BCUT2D eigenvalue weighted by atomic mass is 16.5. The van der Waals surface area contributed by atoms with Gasteiger partial charge in [-0.3, -0.25) is 4.79 Å². The molecule has 0 bridgehead atoms. The zero-order valence-corrected chi connectivity index (χ0v) is 9.93. The first-order valence-electron chi connectivity index (χ1n) is 5.77. The molecule has 1 heterocycles. The van der Waals surface area contributed by atoms with E-state index < -0.39 is 5.60 Å². The molecule has 1 aromatic carbocycles. The van der Waals surface area contributed by atoms with Crippen LogP contribution in [-0.2, 0) is 15.1 Å². The maximum Gasteiger partial charge on any atom is 0.259 e. The number of hydrogen-bond donors (Lipinski definition) is 1. The lowest BCUT2D eigenvalue weighted by Gasteiger charge is -2.33. The van der Waals surface area contributed by atoms with E-state index in [0.717, 1.165) is 0 Å². The largest absolute Gasteiger partial charge is 0.378 e. The zero-order valence-electron chi connectivity index (χ0n) is 9.93. The summed E-state index contributed by atoms with van der Waals surface area (Å²) in [6.45, 7) is 3.71. The van der Waals surface area contributed by atoms with Crippen molar-refractivity contribution in [3.8, 4) is 0 Å². The Morgan fingerprint density at radius 2 is 1.88 bits per heavy atom. The standard InChI is InChI=1S/C13H17NO3/c1-13(16,11-5-3-2-4-6-11)12(15)14-7-9-17-10-8-14/h2-6,16H,7-10H2,1H3. The van der Waals surface area contributed by atoms with Crippen molar-refractivity contribution in [2.24, 2.45) is 0 Å². The second kappa shape index (κ2) is 4.85. The number of ether oxygens (including phenoxy) is 1. The number of amides is 1. The number of carbonyl (C=O) groups excluding carboxylic acids is 1. The van der Waals surface area contributed by atoms with Crippen molar-refractivity contribution in [2.45, 2.75) is 12.5 Å². The summed E-state index contributed by atoms with van der Waals surface area (Å²) < 4.78 is 5.19. The van der Waals surface area contributed by atoms with Gasteiger partial charge in [-0.05, 0) is 12.5 Å². The lowest BCUT2D eigenvalue weighted by molar-refractivity contribution is -0.154. The number of rotatable bonds is 2. The van der Waals surface area contributed by atoms with Crippen molar-refractivity contribution in [2.75, 3.05) is 26.3 Å². The quantitative estimate of drug-likeness (QED) is 0.823. The first kappa shape index (κ1) is 12.1. The average molecular weight is 235 g/mol. The van der Waals surface area contributed by atoms with Gasteiger partial charge in [0.25, 0.3) is 5.91 Å². The first-order valence-corrected chi connectivity index (χ1v) is 5.77. The third-order valence-electron chi connectivity index (χ3n) is 3.05. The van der Waals surface area contributed by atoms with Crippen molar-refractivity contribution in [3.63, 3.8) is 0 Å². The van der Waals surface area contributed by atoms with Gasteiger partial charge in [-0.15, -0.1) is 0 Å². The smallest absolute Gasteiger partial charge is 0.259 e. The molecule has 92 valence electrons. The molecule has 1 aromatic rings. The van der Waals surface area contributed by atoms with Crippen LogP contribution < -0.4 is 0 Å². The molecule has 1 aliphatic rings. The molecule has 0 spiro atoms. The van der Waals surface area contributed by atoms with Crippen LogP contribution in [0, 0.1) is 0 Å². The minimum atomic E-state index is -1.46. The maximum absolute atomic E-state index is 12.2. The molecule has 1 unspecified atom stereocenters. The van der Waals surface area contributed by atoms with Crippen molar-refractivity contribution in [1.29, 1.82) is 0 Å². The SMILES string of the molecule is CC(O)(C(=O)N1CCOCC1)c1ccccc1. The molecule has 1 amide bonds. The summed E-state index contributed by atoms with van der Waals surface area (Å²) in [7, 11) is 0. The van der Waals surface area contributed by atoms with Gasteiger partial charge in [-0.25, -0.2) is 0 Å². The summed E-state index contributed by atoms with van der Waals surface area (Å²) in [5, 5.41) is 10.4. The highest BCUT2D eigenvalue weighted by Gasteiger charge is 2.36. The lowest BCUT2D eigenvalue weighted by Crippen LogP contribution is -2.49. The van der Waals surface area contributed by atoms with Gasteiger partial charge in [0, 0.05) is 13.1 Å². The Hall–Kier alpha value is -1.39. The molecule has 0 aromatic heterocycles. The normalized spacial score (nSPS) is 19.8. The van der Waals surface area contributed by atoms with E-state index in [0.29, 0.717) is 31.9 Å². The Kier molecular flexibility index (Phi) is 3.45. The molecule has 4 heteroatoms. The van der Waals surface area contributed by atoms with Gasteiger partial charge < -0.3 is 14.7 Å². The van der Waals surface area contributed by atoms with E-state index in [9.17, 15) is 9.90 Å². The molecule has 2 rings (SSSR count). The topological polar surface area (TPSA) is 49.8 Å². The van der Waals surface area contributed by atoms with Crippen LogP contribution in [0.4, 0.5) is 0 Å². The number of carbonyl (C=O) groups is 1. The number of benzene rings is 1. The van der Waals surface area contributed by atoms with E-state index in [4.69, 9.17) is 4.74 Å². The molecule has 1 saturated heterocycles. The molecule has 0 aliphatic carbocycles. The van der Waals surface area contributed by atoms with Crippen LogP contribution in [0.3, 0.4) is 0 Å². The van der Waals surface area contributed by atoms with E-state index in [1.807, 2.05) is 18.2 Å². The van der Waals surface area contributed by atoms with Crippen LogP contribution in [0.15, 0.2) is 30.3 Å². The monoisotopic (exact) mass is 235 g/mol. The third kappa shape index (κ3) is 2.48. The van der Waals surface area contributed by atoms with Crippen molar-refractivity contribution in [1.82, 2.24) is 4.90 Å². The van der Waals surface area contributed by atoms with Crippen LogP contribution in [-0.4, -0.2) is 42.2 Å². The van der Waals surface area contributed by atoms with Crippen LogP contribution in [0.25, 0.3) is 0 Å².